The number of hydrogen-bond donors (Lipinski definition) is 0. The minimum atomic E-state index is -3.45. The fourth-order valence-corrected chi connectivity index (χ4v) is 6.13. The van der Waals surface area contributed by atoms with E-state index in [-0.39, 0.29) is 11.5 Å². The molecule has 0 saturated carbocycles. The van der Waals surface area contributed by atoms with Gasteiger partial charge in [0.15, 0.2) is 0 Å². The molecule has 6 nitrogen and oxygen atoms in total. The normalized spacial score (nSPS) is 28.6. The van der Waals surface area contributed by atoms with E-state index in [1.54, 1.807) is 8.61 Å². The van der Waals surface area contributed by atoms with Crippen molar-refractivity contribution in [3.63, 3.8) is 0 Å². The van der Waals surface area contributed by atoms with Gasteiger partial charge in [0.25, 0.3) is 10.2 Å². The molecule has 7 heteroatoms. The molecule has 1 aromatic carbocycles. The summed E-state index contributed by atoms with van der Waals surface area (Å²) in [6.45, 7) is 3.86. The molecular weight excluding hydrogens is 328 g/mol. The molecule has 4 rings (SSSR count). The molecule has 0 N–H and O–H groups in total. The zero-order valence-corrected chi connectivity index (χ0v) is 14.6. The summed E-state index contributed by atoms with van der Waals surface area (Å²) in [4.78, 5) is 0. The van der Waals surface area contributed by atoms with Gasteiger partial charge < -0.3 is 9.47 Å². The largest absolute Gasteiger partial charge is 0.381 e. The van der Waals surface area contributed by atoms with Crippen LogP contribution in [0.15, 0.2) is 30.3 Å². The first-order valence-corrected chi connectivity index (χ1v) is 10.0. The Kier molecular flexibility index (Phi) is 4.38. The van der Waals surface area contributed by atoms with Gasteiger partial charge in [-0.15, -0.1) is 0 Å². The van der Waals surface area contributed by atoms with E-state index >= 15 is 0 Å². The Balaban J connectivity index is 1.65. The number of ether oxygens (including phenoxy) is 2. The molecule has 3 saturated heterocycles. The summed E-state index contributed by atoms with van der Waals surface area (Å²) in [5, 5.41) is 0. The Morgan fingerprint density at radius 1 is 0.958 bits per heavy atom. The monoisotopic (exact) mass is 352 g/mol. The van der Waals surface area contributed by atoms with Crippen molar-refractivity contribution in [2.75, 3.05) is 46.1 Å². The van der Waals surface area contributed by atoms with E-state index in [9.17, 15) is 8.42 Å². The van der Waals surface area contributed by atoms with Crippen molar-refractivity contribution < 1.29 is 17.9 Å². The van der Waals surface area contributed by atoms with Crippen LogP contribution < -0.4 is 0 Å². The molecule has 132 valence electrons. The SMILES string of the molecule is O=S(=O)(N1CCOCC1)N1CC2(CCOCC2)C1c1ccccc1. The lowest BCUT2D eigenvalue weighted by Gasteiger charge is -2.59. The van der Waals surface area contributed by atoms with Crippen LogP contribution in [0.3, 0.4) is 0 Å². The van der Waals surface area contributed by atoms with E-state index < -0.39 is 10.2 Å². The number of hydrogen-bond acceptors (Lipinski definition) is 4. The lowest BCUT2D eigenvalue weighted by molar-refractivity contribution is -0.0980. The molecule has 3 aliphatic heterocycles. The summed E-state index contributed by atoms with van der Waals surface area (Å²) < 4.78 is 40.4. The van der Waals surface area contributed by atoms with Crippen LogP contribution in [0, 0.1) is 5.41 Å². The fourth-order valence-electron chi connectivity index (χ4n) is 4.19. The van der Waals surface area contributed by atoms with Crippen molar-refractivity contribution >= 4 is 10.2 Å². The summed E-state index contributed by atoms with van der Waals surface area (Å²) in [5.41, 5.74) is 1.10. The van der Waals surface area contributed by atoms with Gasteiger partial charge in [-0.05, 0) is 18.4 Å². The van der Waals surface area contributed by atoms with E-state index in [0.717, 1.165) is 31.6 Å². The molecule has 0 aromatic heterocycles. The minimum Gasteiger partial charge on any atom is -0.381 e. The lowest BCUT2D eigenvalue weighted by Crippen LogP contribution is -2.65. The van der Waals surface area contributed by atoms with E-state index in [0.29, 0.717) is 32.8 Å². The third-order valence-corrected chi connectivity index (χ3v) is 7.49. The fraction of sp³-hybridized carbons (Fsp3) is 0.647. The first-order valence-electron chi connectivity index (χ1n) is 8.61. The van der Waals surface area contributed by atoms with Crippen LogP contribution in [-0.2, 0) is 19.7 Å². The topological polar surface area (TPSA) is 59.1 Å². The highest BCUT2D eigenvalue weighted by molar-refractivity contribution is 7.86. The van der Waals surface area contributed by atoms with Gasteiger partial charge >= 0.3 is 0 Å². The summed E-state index contributed by atoms with van der Waals surface area (Å²) in [5.74, 6) is 0. The summed E-state index contributed by atoms with van der Waals surface area (Å²) in [6, 6.07) is 9.95. The first-order chi connectivity index (χ1) is 11.6. The molecular formula is C17H24N2O4S. The van der Waals surface area contributed by atoms with E-state index in [1.807, 2.05) is 30.3 Å². The maximum absolute atomic E-state index is 13.1. The zero-order chi connectivity index (χ0) is 16.6. The van der Waals surface area contributed by atoms with Gasteiger partial charge in [0.2, 0.25) is 0 Å². The van der Waals surface area contributed by atoms with Gasteiger partial charge in [-0.2, -0.15) is 17.0 Å². The lowest BCUT2D eigenvalue weighted by atomic mass is 9.65. The molecule has 0 aliphatic carbocycles. The highest BCUT2D eigenvalue weighted by Crippen LogP contribution is 2.56. The van der Waals surface area contributed by atoms with Crippen LogP contribution in [0.4, 0.5) is 0 Å². The van der Waals surface area contributed by atoms with Crippen LogP contribution in [-0.4, -0.2) is 63.1 Å². The predicted molar refractivity (Wildman–Crippen MR) is 89.7 cm³/mol. The Labute approximate surface area is 143 Å². The van der Waals surface area contributed by atoms with Crippen molar-refractivity contribution in [1.82, 2.24) is 8.61 Å². The number of nitrogens with zero attached hydrogens (tertiary/aromatic N) is 2. The van der Waals surface area contributed by atoms with Crippen molar-refractivity contribution in [3.8, 4) is 0 Å². The molecule has 0 bridgehead atoms. The van der Waals surface area contributed by atoms with E-state index in [2.05, 4.69) is 0 Å². The molecule has 0 amide bonds. The van der Waals surface area contributed by atoms with Gasteiger partial charge in [0.1, 0.15) is 0 Å². The molecule has 1 unspecified atom stereocenters. The Hall–Kier alpha value is -0.990. The Bertz CT molecular complexity index is 667. The first kappa shape index (κ1) is 16.5. The Morgan fingerprint density at radius 3 is 2.25 bits per heavy atom. The second kappa shape index (κ2) is 6.38. The minimum absolute atomic E-state index is 0.0129. The molecule has 1 spiro atoms. The predicted octanol–water partition coefficient (Wildman–Crippen LogP) is 1.42. The molecule has 3 fully saturated rings. The summed E-state index contributed by atoms with van der Waals surface area (Å²) in [6.07, 6.45) is 1.84. The van der Waals surface area contributed by atoms with Crippen molar-refractivity contribution in [2.45, 2.75) is 18.9 Å². The summed E-state index contributed by atoms with van der Waals surface area (Å²) >= 11 is 0. The van der Waals surface area contributed by atoms with Gasteiger partial charge in [0, 0.05) is 38.3 Å². The second-order valence-corrected chi connectivity index (χ2v) is 8.73. The van der Waals surface area contributed by atoms with Crippen molar-refractivity contribution in [1.29, 1.82) is 0 Å². The Morgan fingerprint density at radius 2 is 1.58 bits per heavy atom. The van der Waals surface area contributed by atoms with Gasteiger partial charge in [0.05, 0.1) is 19.3 Å². The highest BCUT2D eigenvalue weighted by Gasteiger charge is 2.58. The average molecular weight is 352 g/mol. The number of benzene rings is 1. The number of rotatable bonds is 3. The molecule has 1 atom stereocenters. The molecule has 3 aliphatic rings. The van der Waals surface area contributed by atoms with Gasteiger partial charge in [-0.25, -0.2) is 0 Å². The van der Waals surface area contributed by atoms with Crippen LogP contribution in [0.1, 0.15) is 24.4 Å². The maximum Gasteiger partial charge on any atom is 0.282 e. The molecule has 0 radical (unpaired) electrons. The maximum atomic E-state index is 13.1. The third-order valence-electron chi connectivity index (χ3n) is 5.54. The summed E-state index contributed by atoms with van der Waals surface area (Å²) in [7, 11) is -3.45. The number of morpholine rings is 1. The zero-order valence-electron chi connectivity index (χ0n) is 13.8. The van der Waals surface area contributed by atoms with Gasteiger partial charge in [-0.1, -0.05) is 30.3 Å². The average Bonchev–Trinajstić information content (AvgIpc) is 2.62. The van der Waals surface area contributed by atoms with Crippen LogP contribution >= 0.6 is 0 Å². The van der Waals surface area contributed by atoms with E-state index in [4.69, 9.17) is 9.47 Å². The van der Waals surface area contributed by atoms with E-state index in [1.165, 1.54) is 0 Å². The standard InChI is InChI=1S/C17H24N2O4S/c20-24(21,18-8-12-23-13-9-18)19-14-17(6-10-22-11-7-17)16(19)15-4-2-1-3-5-15/h1-5,16H,6-14H2. The van der Waals surface area contributed by atoms with Gasteiger partial charge in [-0.3, -0.25) is 0 Å². The van der Waals surface area contributed by atoms with Crippen LogP contribution in [0.2, 0.25) is 0 Å². The van der Waals surface area contributed by atoms with Crippen molar-refractivity contribution in [2.24, 2.45) is 5.41 Å². The highest BCUT2D eigenvalue weighted by atomic mass is 32.2. The molecule has 1 aromatic rings. The third kappa shape index (κ3) is 2.68. The van der Waals surface area contributed by atoms with Crippen LogP contribution in [0.5, 0.6) is 0 Å². The van der Waals surface area contributed by atoms with Crippen molar-refractivity contribution in [3.05, 3.63) is 35.9 Å². The van der Waals surface area contributed by atoms with Crippen LogP contribution in [0.25, 0.3) is 0 Å². The smallest absolute Gasteiger partial charge is 0.282 e. The second-order valence-electron chi connectivity index (χ2n) is 6.85. The quantitative estimate of drug-likeness (QED) is 0.825. The molecule has 24 heavy (non-hydrogen) atoms. The molecule has 3 heterocycles.